The number of nitrogens with two attached hydrogens (primary N) is 1. The van der Waals surface area contributed by atoms with E-state index >= 15 is 0 Å². The molecule has 2 heterocycles. The van der Waals surface area contributed by atoms with E-state index in [0.29, 0.717) is 18.5 Å². The van der Waals surface area contributed by atoms with Gasteiger partial charge < -0.3 is 10.2 Å². The van der Waals surface area contributed by atoms with Crippen LogP contribution in [-0.4, -0.2) is 31.0 Å². The van der Waals surface area contributed by atoms with Gasteiger partial charge in [0.25, 0.3) is 0 Å². The molecule has 0 fully saturated rings. The van der Waals surface area contributed by atoms with Crippen LogP contribution < -0.4 is 15.4 Å². The predicted octanol–water partition coefficient (Wildman–Crippen LogP) is 2.46. The molecule has 0 aliphatic carbocycles. The molecule has 0 saturated heterocycles. The lowest BCUT2D eigenvalue weighted by atomic mass is 10.00. The number of benzene rings is 1. The molecule has 0 bridgehead atoms. The molecule has 0 unspecified atom stereocenters. The molecule has 8 heteroatoms. The van der Waals surface area contributed by atoms with Crippen molar-refractivity contribution in [3.8, 4) is 0 Å². The first-order chi connectivity index (χ1) is 12.8. The number of nitrogens with zero attached hydrogens (tertiary/aromatic N) is 3. The van der Waals surface area contributed by atoms with E-state index in [2.05, 4.69) is 36.0 Å². The number of aromatic nitrogens is 2. The highest BCUT2D eigenvalue weighted by atomic mass is 32.2. The lowest BCUT2D eigenvalue weighted by molar-refractivity contribution is 0.597. The monoisotopic (exact) mass is 389 g/mol. The molecule has 146 valence electrons. The predicted molar refractivity (Wildman–Crippen MR) is 107 cm³/mol. The number of rotatable bonds is 6. The van der Waals surface area contributed by atoms with Crippen LogP contribution in [0.1, 0.15) is 44.0 Å². The molecule has 1 atom stereocenters. The van der Waals surface area contributed by atoms with Crippen molar-refractivity contribution in [3.05, 3.63) is 41.1 Å². The van der Waals surface area contributed by atoms with E-state index in [1.165, 1.54) is 0 Å². The molecule has 3 rings (SSSR count). The van der Waals surface area contributed by atoms with Gasteiger partial charge in [-0.15, -0.1) is 0 Å². The topological polar surface area (TPSA) is 101 Å². The van der Waals surface area contributed by atoms with Gasteiger partial charge in [-0.3, -0.25) is 0 Å². The van der Waals surface area contributed by atoms with Crippen LogP contribution in [0.25, 0.3) is 0 Å². The van der Waals surface area contributed by atoms with Gasteiger partial charge in [0, 0.05) is 30.9 Å². The fourth-order valence-corrected chi connectivity index (χ4v) is 3.68. The molecule has 3 N–H and O–H groups in total. The Kier molecular flexibility index (Phi) is 5.67. The number of fused-ring (bicyclic) bond motifs is 1. The highest BCUT2D eigenvalue weighted by Gasteiger charge is 2.21. The van der Waals surface area contributed by atoms with Gasteiger partial charge in [-0.1, -0.05) is 19.9 Å². The highest BCUT2D eigenvalue weighted by molar-refractivity contribution is 7.89. The second kappa shape index (κ2) is 7.82. The van der Waals surface area contributed by atoms with Crippen LogP contribution in [0.4, 0.5) is 11.8 Å². The molecule has 1 aliphatic rings. The van der Waals surface area contributed by atoms with Gasteiger partial charge in [0.2, 0.25) is 16.0 Å². The quantitative estimate of drug-likeness (QED) is 0.787. The maximum atomic E-state index is 11.7. The smallest absolute Gasteiger partial charge is 0.238 e. The Bertz CT molecular complexity index is 930. The van der Waals surface area contributed by atoms with Crippen molar-refractivity contribution in [1.82, 2.24) is 9.97 Å². The van der Waals surface area contributed by atoms with E-state index in [4.69, 9.17) is 10.1 Å². The second-order valence-corrected chi connectivity index (χ2v) is 8.56. The number of primary sulfonamides is 1. The largest absolute Gasteiger partial charge is 0.352 e. The van der Waals surface area contributed by atoms with Crippen LogP contribution in [0.2, 0.25) is 0 Å². The summed E-state index contributed by atoms with van der Waals surface area (Å²) in [6.07, 6.45) is 2.65. The first kappa shape index (κ1) is 19.6. The Balaban J connectivity index is 1.91. The lowest BCUT2D eigenvalue weighted by Gasteiger charge is -2.30. The molecule has 0 amide bonds. The summed E-state index contributed by atoms with van der Waals surface area (Å²) in [5.74, 6) is 1.50. The summed E-state index contributed by atoms with van der Waals surface area (Å²) in [7, 11) is -3.71. The maximum Gasteiger partial charge on any atom is 0.238 e. The maximum absolute atomic E-state index is 11.7. The van der Waals surface area contributed by atoms with Gasteiger partial charge >= 0.3 is 0 Å². The normalized spacial score (nSPS) is 15.3. The third-order valence-electron chi connectivity index (χ3n) is 4.96. The van der Waals surface area contributed by atoms with Gasteiger partial charge in [0.05, 0.1) is 4.90 Å². The Morgan fingerprint density at radius 2 is 2.00 bits per heavy atom. The Hall–Kier alpha value is -2.19. The SMILES string of the molecule is CCc1cc(N2CCc3ccc(S(N)(=O)=O)cc3C2)nc(N[C@@H](C)CC)n1. The zero-order valence-corrected chi connectivity index (χ0v) is 16.9. The van der Waals surface area contributed by atoms with E-state index in [-0.39, 0.29) is 4.90 Å². The standard InChI is InChI=1S/C19H27N5O2S/c1-4-13(3)21-19-22-16(5-2)11-18(23-19)24-9-8-14-6-7-17(27(20,25)26)10-15(14)12-24/h6-7,10-11,13H,4-5,8-9,12H2,1-3H3,(H2,20,25,26)(H,21,22,23)/t13-/m0/s1. The highest BCUT2D eigenvalue weighted by Crippen LogP contribution is 2.26. The van der Waals surface area contributed by atoms with Gasteiger partial charge in [-0.25, -0.2) is 18.5 Å². The van der Waals surface area contributed by atoms with Crippen LogP contribution in [-0.2, 0) is 29.4 Å². The molecule has 0 spiro atoms. The zero-order chi connectivity index (χ0) is 19.6. The van der Waals surface area contributed by atoms with Crippen molar-refractivity contribution < 1.29 is 8.42 Å². The molecule has 0 radical (unpaired) electrons. The number of sulfonamides is 1. The van der Waals surface area contributed by atoms with Crippen molar-refractivity contribution in [2.45, 2.75) is 57.5 Å². The first-order valence-corrected chi connectivity index (χ1v) is 10.9. The van der Waals surface area contributed by atoms with Crippen molar-refractivity contribution >= 4 is 21.8 Å². The van der Waals surface area contributed by atoms with Crippen LogP contribution in [0.3, 0.4) is 0 Å². The molecule has 2 aromatic rings. The van der Waals surface area contributed by atoms with Crippen LogP contribution in [0.15, 0.2) is 29.2 Å². The Morgan fingerprint density at radius 1 is 1.22 bits per heavy atom. The summed E-state index contributed by atoms with van der Waals surface area (Å²) >= 11 is 0. The second-order valence-electron chi connectivity index (χ2n) is 7.00. The third-order valence-corrected chi connectivity index (χ3v) is 5.87. The fraction of sp³-hybridized carbons (Fsp3) is 0.474. The fourth-order valence-electron chi connectivity index (χ4n) is 3.12. The number of hydrogen-bond donors (Lipinski definition) is 2. The van der Waals surface area contributed by atoms with Gasteiger partial charge in [0.1, 0.15) is 5.82 Å². The Morgan fingerprint density at radius 3 is 2.67 bits per heavy atom. The summed E-state index contributed by atoms with van der Waals surface area (Å²) in [5, 5.41) is 8.63. The average Bonchev–Trinajstić information content (AvgIpc) is 2.65. The molecular weight excluding hydrogens is 362 g/mol. The van der Waals surface area contributed by atoms with Crippen LogP contribution >= 0.6 is 0 Å². The number of anilines is 2. The molecule has 27 heavy (non-hydrogen) atoms. The minimum atomic E-state index is -3.71. The number of nitrogens with one attached hydrogen (secondary N) is 1. The molecule has 0 saturated carbocycles. The van der Waals surface area contributed by atoms with Crippen LogP contribution in [0.5, 0.6) is 0 Å². The summed E-state index contributed by atoms with van der Waals surface area (Å²) < 4.78 is 23.3. The first-order valence-electron chi connectivity index (χ1n) is 9.34. The summed E-state index contributed by atoms with van der Waals surface area (Å²) in [6, 6.07) is 7.43. The van der Waals surface area contributed by atoms with Gasteiger partial charge in [-0.2, -0.15) is 4.98 Å². The van der Waals surface area contributed by atoms with Crippen molar-refractivity contribution in [1.29, 1.82) is 0 Å². The van der Waals surface area contributed by atoms with Gasteiger partial charge in [-0.05, 0) is 49.4 Å². The van der Waals surface area contributed by atoms with E-state index in [0.717, 1.165) is 48.4 Å². The van der Waals surface area contributed by atoms with E-state index in [9.17, 15) is 8.42 Å². The molecule has 1 aliphatic heterocycles. The van der Waals surface area contributed by atoms with Crippen LogP contribution in [0, 0.1) is 0 Å². The summed E-state index contributed by atoms with van der Waals surface area (Å²) in [6.45, 7) is 7.72. The average molecular weight is 390 g/mol. The van der Waals surface area contributed by atoms with E-state index < -0.39 is 10.0 Å². The van der Waals surface area contributed by atoms with Crippen molar-refractivity contribution in [2.75, 3.05) is 16.8 Å². The lowest BCUT2D eigenvalue weighted by Crippen LogP contribution is -2.32. The molecular formula is C19H27N5O2S. The molecule has 1 aromatic heterocycles. The minimum Gasteiger partial charge on any atom is -0.352 e. The number of aryl methyl sites for hydroxylation is 1. The summed E-state index contributed by atoms with van der Waals surface area (Å²) in [5.41, 5.74) is 3.11. The van der Waals surface area contributed by atoms with Gasteiger partial charge in [0.15, 0.2) is 0 Å². The minimum absolute atomic E-state index is 0.152. The van der Waals surface area contributed by atoms with Crippen molar-refractivity contribution in [2.24, 2.45) is 5.14 Å². The Labute approximate surface area is 161 Å². The van der Waals surface area contributed by atoms with Crippen molar-refractivity contribution in [3.63, 3.8) is 0 Å². The van der Waals surface area contributed by atoms with E-state index in [1.54, 1.807) is 12.1 Å². The molecule has 1 aromatic carbocycles. The third kappa shape index (κ3) is 4.56. The molecule has 7 nitrogen and oxygen atoms in total. The number of hydrogen-bond acceptors (Lipinski definition) is 6. The van der Waals surface area contributed by atoms with E-state index in [1.807, 2.05) is 12.1 Å². The zero-order valence-electron chi connectivity index (χ0n) is 16.1. The summed E-state index contributed by atoms with van der Waals surface area (Å²) in [4.78, 5) is 11.6.